The van der Waals surface area contributed by atoms with E-state index in [1.54, 1.807) is 4.90 Å². The third-order valence-corrected chi connectivity index (χ3v) is 4.86. The fourth-order valence-corrected chi connectivity index (χ4v) is 3.55. The summed E-state index contributed by atoms with van der Waals surface area (Å²) in [6, 6.07) is 12.5. The van der Waals surface area contributed by atoms with Gasteiger partial charge in [-0.2, -0.15) is 0 Å². The summed E-state index contributed by atoms with van der Waals surface area (Å²) in [7, 11) is 0. The van der Waals surface area contributed by atoms with Gasteiger partial charge in [-0.3, -0.25) is 14.5 Å². The van der Waals surface area contributed by atoms with E-state index in [1.165, 1.54) is 0 Å². The molecule has 27 heavy (non-hydrogen) atoms. The van der Waals surface area contributed by atoms with E-state index in [0.29, 0.717) is 36.0 Å². The van der Waals surface area contributed by atoms with Gasteiger partial charge in [-0.1, -0.05) is 32.0 Å². The van der Waals surface area contributed by atoms with Crippen molar-refractivity contribution in [3.63, 3.8) is 0 Å². The Balaban J connectivity index is 1.59. The van der Waals surface area contributed by atoms with Crippen LogP contribution in [0.1, 0.15) is 41.8 Å². The van der Waals surface area contributed by atoms with Gasteiger partial charge in [0.2, 0.25) is 5.91 Å². The molecule has 138 valence electrons. The number of anilines is 1. The Labute approximate surface area is 158 Å². The molecule has 2 aliphatic heterocycles. The van der Waals surface area contributed by atoms with Crippen LogP contribution in [0.4, 0.5) is 11.4 Å². The molecule has 4 rings (SSSR count). The average molecular weight is 362 g/mol. The number of hydrogen-bond donors (Lipinski definition) is 2. The number of carbonyl (C=O) groups excluding carboxylic acids is 2. The number of carbonyl (C=O) groups is 2. The molecule has 0 saturated heterocycles. The van der Waals surface area contributed by atoms with E-state index in [2.05, 4.69) is 10.3 Å². The van der Waals surface area contributed by atoms with E-state index >= 15 is 0 Å². The van der Waals surface area contributed by atoms with Crippen molar-refractivity contribution in [2.45, 2.75) is 32.9 Å². The van der Waals surface area contributed by atoms with Crippen LogP contribution in [0.3, 0.4) is 0 Å². The molecular weight excluding hydrogens is 340 g/mol. The standard InChI is InChI=1S/C21H22N4O2/c1-12(2)9-17(22)20(26)23-14-7-8-18-13(10-14)11-25-19(24-18)15-5-3-4-6-16(15)21(25)27/h3-8,10,12,17H,9,11,22H2,1-2H3,(H,23,26). The SMILES string of the molecule is CC(C)CC(N)C(=O)Nc1ccc2c(c1)CN1C(=O)c3ccccc3C1=N2. The lowest BCUT2D eigenvalue weighted by molar-refractivity contribution is -0.117. The largest absolute Gasteiger partial charge is 0.325 e. The minimum Gasteiger partial charge on any atom is -0.325 e. The molecular formula is C21H22N4O2. The van der Waals surface area contributed by atoms with Crippen molar-refractivity contribution >= 4 is 29.0 Å². The normalized spacial score (nSPS) is 15.8. The second kappa shape index (κ2) is 6.63. The van der Waals surface area contributed by atoms with Gasteiger partial charge in [0.05, 0.1) is 23.8 Å². The van der Waals surface area contributed by atoms with Gasteiger partial charge in [0.1, 0.15) is 5.84 Å². The van der Waals surface area contributed by atoms with E-state index in [9.17, 15) is 9.59 Å². The highest BCUT2D eigenvalue weighted by molar-refractivity contribution is 6.24. The van der Waals surface area contributed by atoms with Crippen LogP contribution in [0.5, 0.6) is 0 Å². The predicted molar refractivity (Wildman–Crippen MR) is 105 cm³/mol. The van der Waals surface area contributed by atoms with Crippen LogP contribution in [0, 0.1) is 5.92 Å². The Bertz CT molecular complexity index is 964. The minimum absolute atomic E-state index is 0.0385. The molecule has 0 fully saturated rings. The van der Waals surface area contributed by atoms with Crippen LogP contribution in [0.2, 0.25) is 0 Å². The first-order valence-electron chi connectivity index (χ1n) is 9.13. The van der Waals surface area contributed by atoms with Crippen molar-refractivity contribution in [2.75, 3.05) is 5.32 Å². The lowest BCUT2D eigenvalue weighted by atomic mass is 10.0. The molecule has 0 radical (unpaired) electrons. The van der Waals surface area contributed by atoms with Crippen LogP contribution >= 0.6 is 0 Å². The van der Waals surface area contributed by atoms with E-state index in [0.717, 1.165) is 16.8 Å². The third-order valence-electron chi connectivity index (χ3n) is 4.86. The molecule has 1 atom stereocenters. The average Bonchev–Trinajstić information content (AvgIpc) is 2.92. The summed E-state index contributed by atoms with van der Waals surface area (Å²) in [6.07, 6.45) is 0.630. The molecule has 2 heterocycles. The molecule has 2 aliphatic rings. The van der Waals surface area contributed by atoms with Gasteiger partial charge in [0.15, 0.2) is 0 Å². The van der Waals surface area contributed by atoms with Crippen molar-refractivity contribution < 1.29 is 9.59 Å². The minimum atomic E-state index is -0.541. The van der Waals surface area contributed by atoms with Crippen molar-refractivity contribution in [1.29, 1.82) is 0 Å². The van der Waals surface area contributed by atoms with Crippen molar-refractivity contribution in [3.05, 3.63) is 59.2 Å². The first-order valence-corrected chi connectivity index (χ1v) is 9.13. The highest BCUT2D eigenvalue weighted by atomic mass is 16.2. The highest BCUT2D eigenvalue weighted by Gasteiger charge is 2.36. The fraction of sp³-hybridized carbons (Fsp3) is 0.286. The van der Waals surface area contributed by atoms with E-state index < -0.39 is 6.04 Å². The van der Waals surface area contributed by atoms with Crippen LogP contribution in [0.25, 0.3) is 0 Å². The topological polar surface area (TPSA) is 87.8 Å². The summed E-state index contributed by atoms with van der Waals surface area (Å²) >= 11 is 0. The van der Waals surface area contributed by atoms with E-state index in [4.69, 9.17) is 5.73 Å². The molecule has 2 aromatic rings. The van der Waals surface area contributed by atoms with Crippen LogP contribution in [0.15, 0.2) is 47.5 Å². The Kier molecular flexibility index (Phi) is 4.28. The summed E-state index contributed by atoms with van der Waals surface area (Å²) in [6.45, 7) is 4.50. The van der Waals surface area contributed by atoms with Gasteiger partial charge in [-0.05, 0) is 42.2 Å². The monoisotopic (exact) mass is 362 g/mol. The predicted octanol–water partition coefficient (Wildman–Crippen LogP) is 3.05. The quantitative estimate of drug-likeness (QED) is 0.876. The Hall–Kier alpha value is -2.99. The van der Waals surface area contributed by atoms with Gasteiger partial charge < -0.3 is 11.1 Å². The Morgan fingerprint density at radius 3 is 2.70 bits per heavy atom. The molecule has 3 N–H and O–H groups in total. The molecule has 0 aliphatic carbocycles. The van der Waals surface area contributed by atoms with Gasteiger partial charge >= 0.3 is 0 Å². The molecule has 0 spiro atoms. The lowest BCUT2D eigenvalue weighted by Crippen LogP contribution is -2.36. The summed E-state index contributed by atoms with van der Waals surface area (Å²) < 4.78 is 0. The van der Waals surface area contributed by atoms with Gasteiger partial charge in [0, 0.05) is 11.3 Å². The number of nitrogens with one attached hydrogen (secondary N) is 1. The summed E-state index contributed by atoms with van der Waals surface area (Å²) in [5.41, 5.74) is 9.88. The fourth-order valence-electron chi connectivity index (χ4n) is 3.55. The van der Waals surface area contributed by atoms with Crippen LogP contribution < -0.4 is 11.1 Å². The second-order valence-corrected chi connectivity index (χ2v) is 7.44. The lowest BCUT2D eigenvalue weighted by Gasteiger charge is -2.24. The number of rotatable bonds is 4. The summed E-state index contributed by atoms with van der Waals surface area (Å²) in [4.78, 5) is 31.3. The number of aliphatic imine (C=N–C) groups is 1. The molecule has 0 bridgehead atoms. The number of hydrogen-bond acceptors (Lipinski definition) is 4. The Morgan fingerprint density at radius 2 is 1.96 bits per heavy atom. The van der Waals surface area contributed by atoms with Crippen LogP contribution in [-0.4, -0.2) is 28.6 Å². The van der Waals surface area contributed by atoms with Crippen molar-refractivity contribution in [2.24, 2.45) is 16.6 Å². The van der Waals surface area contributed by atoms with Crippen molar-refractivity contribution in [3.8, 4) is 0 Å². The van der Waals surface area contributed by atoms with E-state index in [-0.39, 0.29) is 11.8 Å². The third kappa shape index (κ3) is 3.13. The second-order valence-electron chi connectivity index (χ2n) is 7.44. The number of benzene rings is 2. The Morgan fingerprint density at radius 1 is 1.22 bits per heavy atom. The van der Waals surface area contributed by atoms with Crippen LogP contribution in [-0.2, 0) is 11.3 Å². The molecule has 1 unspecified atom stereocenters. The van der Waals surface area contributed by atoms with Gasteiger partial charge in [0.25, 0.3) is 5.91 Å². The van der Waals surface area contributed by atoms with Crippen molar-refractivity contribution in [1.82, 2.24) is 4.90 Å². The number of nitrogens with two attached hydrogens (primary N) is 1. The maximum absolute atomic E-state index is 12.7. The smallest absolute Gasteiger partial charge is 0.260 e. The number of fused-ring (bicyclic) bond motifs is 4. The maximum Gasteiger partial charge on any atom is 0.260 e. The summed E-state index contributed by atoms with van der Waals surface area (Å²) in [5.74, 6) is 0.806. The molecule has 0 saturated carbocycles. The zero-order chi connectivity index (χ0) is 19.1. The number of amides is 2. The zero-order valence-corrected chi connectivity index (χ0v) is 15.4. The van der Waals surface area contributed by atoms with E-state index in [1.807, 2.05) is 56.3 Å². The summed E-state index contributed by atoms with van der Waals surface area (Å²) in [5, 5.41) is 2.87. The first-order chi connectivity index (χ1) is 12.9. The highest BCUT2D eigenvalue weighted by Crippen LogP contribution is 2.35. The zero-order valence-electron chi connectivity index (χ0n) is 15.4. The number of amidine groups is 1. The van der Waals surface area contributed by atoms with Gasteiger partial charge in [-0.15, -0.1) is 0 Å². The number of nitrogens with zero attached hydrogens (tertiary/aromatic N) is 2. The van der Waals surface area contributed by atoms with Gasteiger partial charge in [-0.25, -0.2) is 4.99 Å². The molecule has 2 aromatic carbocycles. The molecule has 6 heteroatoms. The molecule has 2 amide bonds. The maximum atomic E-state index is 12.7. The molecule has 0 aromatic heterocycles. The first kappa shape index (κ1) is 17.4. The molecule has 6 nitrogen and oxygen atoms in total.